The molecule has 2 rings (SSSR count). The lowest BCUT2D eigenvalue weighted by molar-refractivity contribution is 0.0988. The van der Waals surface area contributed by atoms with Crippen LogP contribution in [0.1, 0.15) is 15.9 Å². The Morgan fingerprint density at radius 2 is 1.74 bits per heavy atom. The molecule has 0 atom stereocenters. The van der Waals surface area contributed by atoms with Crippen LogP contribution >= 0.6 is 15.9 Å². The Morgan fingerprint density at radius 1 is 1.00 bits per heavy atom. The lowest BCUT2D eigenvalue weighted by Crippen LogP contribution is -2.07. The van der Waals surface area contributed by atoms with Gasteiger partial charge in [0.2, 0.25) is 0 Å². The van der Waals surface area contributed by atoms with Gasteiger partial charge >= 0.3 is 0 Å². The van der Waals surface area contributed by atoms with Crippen LogP contribution in [0.4, 0.5) is 13.2 Å². The maximum absolute atomic E-state index is 13.6. The number of hydrogen-bond donors (Lipinski definition) is 0. The number of carbonyl (C=O) groups is 1. The molecule has 1 nitrogen and oxygen atoms in total. The molecular formula is C14H8BrF3O. The van der Waals surface area contributed by atoms with Crippen LogP contribution in [0.25, 0.3) is 0 Å². The minimum absolute atomic E-state index is 0.0905. The van der Waals surface area contributed by atoms with Gasteiger partial charge in [-0.1, -0.05) is 12.1 Å². The van der Waals surface area contributed by atoms with Crippen LogP contribution in [0.5, 0.6) is 0 Å². The second-order valence-corrected chi connectivity index (χ2v) is 4.80. The zero-order chi connectivity index (χ0) is 14.0. The van der Waals surface area contributed by atoms with E-state index in [1.54, 1.807) is 6.07 Å². The molecule has 0 unspecified atom stereocenters. The molecule has 0 amide bonds. The zero-order valence-electron chi connectivity index (χ0n) is 9.59. The van der Waals surface area contributed by atoms with Crippen LogP contribution in [0.15, 0.2) is 40.9 Å². The number of rotatable bonds is 3. The molecule has 0 saturated heterocycles. The second-order valence-electron chi connectivity index (χ2n) is 3.95. The molecule has 0 aromatic heterocycles. The first-order valence-corrected chi connectivity index (χ1v) is 6.19. The molecule has 0 saturated carbocycles. The van der Waals surface area contributed by atoms with Crippen molar-refractivity contribution in [2.24, 2.45) is 0 Å². The highest BCUT2D eigenvalue weighted by Gasteiger charge is 2.16. The maximum Gasteiger partial charge on any atom is 0.171 e. The largest absolute Gasteiger partial charge is 0.294 e. The van der Waals surface area contributed by atoms with Gasteiger partial charge in [0.05, 0.1) is 5.56 Å². The van der Waals surface area contributed by atoms with Gasteiger partial charge in [0.1, 0.15) is 5.82 Å². The summed E-state index contributed by atoms with van der Waals surface area (Å²) < 4.78 is 39.7. The highest BCUT2D eigenvalue weighted by atomic mass is 79.9. The summed E-state index contributed by atoms with van der Waals surface area (Å²) in [6.45, 7) is 0. The highest BCUT2D eigenvalue weighted by molar-refractivity contribution is 9.10. The molecule has 0 aliphatic rings. The van der Waals surface area contributed by atoms with Crippen molar-refractivity contribution >= 4 is 21.7 Å². The summed E-state index contributed by atoms with van der Waals surface area (Å²) >= 11 is 3.09. The molecule has 0 bridgehead atoms. The van der Waals surface area contributed by atoms with Gasteiger partial charge < -0.3 is 0 Å². The standard InChI is InChI=1S/C14H8BrF3O/c15-9-2-1-3-11(17)14(9)13(19)7-8-4-5-10(16)12(18)6-8/h1-6H,7H2. The third kappa shape index (κ3) is 3.04. The van der Waals surface area contributed by atoms with Crippen molar-refractivity contribution in [2.75, 3.05) is 0 Å². The van der Waals surface area contributed by atoms with Crippen LogP contribution in [0.3, 0.4) is 0 Å². The summed E-state index contributed by atoms with van der Waals surface area (Å²) in [6, 6.07) is 7.35. The van der Waals surface area contributed by atoms with E-state index in [4.69, 9.17) is 0 Å². The quantitative estimate of drug-likeness (QED) is 0.768. The summed E-state index contributed by atoms with van der Waals surface area (Å²) in [5.41, 5.74) is 0.200. The van der Waals surface area contributed by atoms with Crippen molar-refractivity contribution in [3.63, 3.8) is 0 Å². The van der Waals surface area contributed by atoms with Crippen molar-refractivity contribution in [1.29, 1.82) is 0 Å². The Labute approximate surface area is 116 Å². The van der Waals surface area contributed by atoms with Gasteiger partial charge in [-0.2, -0.15) is 0 Å². The summed E-state index contributed by atoms with van der Waals surface area (Å²) in [4.78, 5) is 12.0. The van der Waals surface area contributed by atoms with Gasteiger partial charge in [0.25, 0.3) is 0 Å². The van der Waals surface area contributed by atoms with Gasteiger partial charge in [-0.3, -0.25) is 4.79 Å². The van der Waals surface area contributed by atoms with Crippen LogP contribution in [0.2, 0.25) is 0 Å². The molecule has 0 aliphatic heterocycles. The van der Waals surface area contributed by atoms with E-state index in [0.29, 0.717) is 10.0 Å². The molecule has 0 spiro atoms. The van der Waals surface area contributed by atoms with E-state index < -0.39 is 23.2 Å². The second kappa shape index (κ2) is 5.57. The Balaban J connectivity index is 2.28. The van der Waals surface area contributed by atoms with Crippen molar-refractivity contribution in [1.82, 2.24) is 0 Å². The highest BCUT2D eigenvalue weighted by Crippen LogP contribution is 2.22. The first-order valence-electron chi connectivity index (χ1n) is 5.40. The van der Waals surface area contributed by atoms with E-state index >= 15 is 0 Å². The van der Waals surface area contributed by atoms with E-state index in [9.17, 15) is 18.0 Å². The summed E-state index contributed by atoms with van der Waals surface area (Å²) in [5, 5.41) is 0. The predicted octanol–water partition coefficient (Wildman–Crippen LogP) is 4.29. The average molecular weight is 329 g/mol. The Hall–Kier alpha value is -1.62. The van der Waals surface area contributed by atoms with E-state index in [1.165, 1.54) is 18.2 Å². The molecule has 0 aliphatic carbocycles. The fourth-order valence-corrected chi connectivity index (χ4v) is 2.25. The molecular weight excluding hydrogens is 321 g/mol. The van der Waals surface area contributed by atoms with Crippen molar-refractivity contribution < 1.29 is 18.0 Å². The van der Waals surface area contributed by atoms with Crippen molar-refractivity contribution in [3.05, 3.63) is 69.4 Å². The molecule has 0 fully saturated rings. The van der Waals surface area contributed by atoms with E-state index in [2.05, 4.69) is 15.9 Å². The third-order valence-electron chi connectivity index (χ3n) is 2.59. The van der Waals surface area contributed by atoms with Gasteiger partial charge in [-0.25, -0.2) is 13.2 Å². The van der Waals surface area contributed by atoms with E-state index in [-0.39, 0.29) is 12.0 Å². The lowest BCUT2D eigenvalue weighted by atomic mass is 10.0. The Kier molecular flexibility index (Phi) is 4.04. The predicted molar refractivity (Wildman–Crippen MR) is 68.5 cm³/mol. The molecule has 5 heteroatoms. The normalized spacial score (nSPS) is 10.5. The molecule has 0 radical (unpaired) electrons. The number of halogens is 4. The zero-order valence-corrected chi connectivity index (χ0v) is 11.2. The van der Waals surface area contributed by atoms with E-state index in [0.717, 1.165) is 12.1 Å². The summed E-state index contributed by atoms with van der Waals surface area (Å²) in [5.74, 6) is -3.17. The van der Waals surface area contributed by atoms with Crippen LogP contribution < -0.4 is 0 Å². The minimum atomic E-state index is -1.03. The molecule has 2 aromatic rings. The van der Waals surface area contributed by atoms with Crippen LogP contribution in [-0.4, -0.2) is 5.78 Å². The summed E-state index contributed by atoms with van der Waals surface area (Å²) in [6.07, 6.45) is -0.198. The smallest absolute Gasteiger partial charge is 0.171 e. The first-order chi connectivity index (χ1) is 8.99. The monoisotopic (exact) mass is 328 g/mol. The molecule has 19 heavy (non-hydrogen) atoms. The topological polar surface area (TPSA) is 17.1 Å². The molecule has 2 aromatic carbocycles. The van der Waals surface area contributed by atoms with E-state index in [1.807, 2.05) is 0 Å². The van der Waals surface area contributed by atoms with Crippen molar-refractivity contribution in [2.45, 2.75) is 6.42 Å². The third-order valence-corrected chi connectivity index (χ3v) is 3.25. The summed E-state index contributed by atoms with van der Waals surface area (Å²) in [7, 11) is 0. The Bertz CT molecular complexity index is 620. The lowest BCUT2D eigenvalue weighted by Gasteiger charge is -2.05. The molecule has 0 N–H and O–H groups in total. The number of carbonyl (C=O) groups excluding carboxylic acids is 1. The fourth-order valence-electron chi connectivity index (χ4n) is 1.69. The SMILES string of the molecule is O=C(Cc1ccc(F)c(F)c1)c1c(F)cccc1Br. The maximum atomic E-state index is 13.6. The van der Waals surface area contributed by atoms with Crippen molar-refractivity contribution in [3.8, 4) is 0 Å². The molecule has 98 valence electrons. The van der Waals surface area contributed by atoms with Gasteiger partial charge in [0, 0.05) is 10.9 Å². The fraction of sp³-hybridized carbons (Fsp3) is 0.0714. The first kappa shape index (κ1) is 13.8. The molecule has 0 heterocycles. The Morgan fingerprint density at radius 3 is 2.37 bits per heavy atom. The van der Waals surface area contributed by atoms with Gasteiger partial charge in [-0.05, 0) is 45.8 Å². The minimum Gasteiger partial charge on any atom is -0.294 e. The number of hydrogen-bond acceptors (Lipinski definition) is 1. The van der Waals surface area contributed by atoms with Crippen LogP contribution in [-0.2, 0) is 6.42 Å². The average Bonchev–Trinajstić information content (AvgIpc) is 2.33. The number of Topliss-reactive ketones (excluding diaryl/α,β-unsaturated/α-hetero) is 1. The van der Waals surface area contributed by atoms with Gasteiger partial charge in [0.15, 0.2) is 17.4 Å². The number of benzene rings is 2. The van der Waals surface area contributed by atoms with Gasteiger partial charge in [-0.15, -0.1) is 0 Å². The van der Waals surface area contributed by atoms with Crippen LogP contribution in [0, 0.1) is 17.5 Å². The number of ketones is 1.